The third kappa shape index (κ3) is 2.44. The first-order valence-corrected chi connectivity index (χ1v) is 8.91. The summed E-state index contributed by atoms with van der Waals surface area (Å²) in [6.07, 6.45) is 2.62. The molecule has 1 fully saturated rings. The molecule has 0 bridgehead atoms. The molecular formula is C20H18FN3O2. The first kappa shape index (κ1) is 15.4. The van der Waals surface area contributed by atoms with Crippen molar-refractivity contribution < 1.29 is 13.9 Å². The van der Waals surface area contributed by atoms with E-state index in [0.717, 1.165) is 41.9 Å². The van der Waals surface area contributed by atoms with Crippen LogP contribution >= 0.6 is 0 Å². The van der Waals surface area contributed by atoms with Gasteiger partial charge in [-0.05, 0) is 54.8 Å². The lowest BCUT2D eigenvalue weighted by Gasteiger charge is -2.23. The number of amides is 1. The number of carbonyl (C=O) groups excluding carboxylic acids is 1. The van der Waals surface area contributed by atoms with Gasteiger partial charge in [-0.2, -0.15) is 0 Å². The molecule has 5 rings (SSSR count). The van der Waals surface area contributed by atoms with Gasteiger partial charge in [0.2, 0.25) is 0 Å². The molecule has 26 heavy (non-hydrogen) atoms. The van der Waals surface area contributed by atoms with Gasteiger partial charge in [0.05, 0.1) is 23.7 Å². The molecule has 1 atom stereocenters. The number of halogens is 1. The molecular weight excluding hydrogens is 333 g/mol. The molecule has 0 spiro atoms. The van der Waals surface area contributed by atoms with Gasteiger partial charge in [0, 0.05) is 18.5 Å². The highest BCUT2D eigenvalue weighted by molar-refractivity contribution is 5.95. The average Bonchev–Trinajstić information content (AvgIpc) is 3.37. The number of fused-ring (bicyclic) bond motifs is 2. The molecule has 0 unspecified atom stereocenters. The van der Waals surface area contributed by atoms with Crippen molar-refractivity contribution in [1.82, 2.24) is 14.9 Å². The lowest BCUT2D eigenvalue weighted by atomic mass is 10.1. The third-order valence-electron chi connectivity index (χ3n) is 5.23. The van der Waals surface area contributed by atoms with Gasteiger partial charge in [-0.3, -0.25) is 4.79 Å². The topological polar surface area (TPSA) is 58.2 Å². The van der Waals surface area contributed by atoms with Crippen molar-refractivity contribution in [3.05, 3.63) is 59.2 Å². The van der Waals surface area contributed by atoms with Crippen LogP contribution in [0, 0.1) is 5.82 Å². The molecule has 132 valence electrons. The highest BCUT2D eigenvalue weighted by atomic mass is 19.1. The second-order valence-corrected chi connectivity index (χ2v) is 6.86. The zero-order valence-corrected chi connectivity index (χ0v) is 14.2. The molecule has 3 heterocycles. The van der Waals surface area contributed by atoms with Gasteiger partial charge in [-0.15, -0.1) is 0 Å². The summed E-state index contributed by atoms with van der Waals surface area (Å²) in [6.45, 7) is 1.37. The standard InChI is InChI=1S/C20H18FN3O2/c21-14-4-5-15-16(11-14)23-19(22-15)17-2-1-8-24(17)20(25)13-3-6-18-12(10-13)7-9-26-18/h3-6,10-11,17H,1-2,7-9H2,(H,22,23)/t17-/m0/s1. The fraction of sp³-hybridized carbons (Fsp3) is 0.300. The monoisotopic (exact) mass is 351 g/mol. The minimum atomic E-state index is -0.299. The number of ether oxygens (including phenoxy) is 1. The lowest BCUT2D eigenvalue weighted by molar-refractivity contribution is 0.0730. The molecule has 2 aromatic carbocycles. The van der Waals surface area contributed by atoms with E-state index in [1.54, 1.807) is 6.07 Å². The van der Waals surface area contributed by atoms with Crippen LogP contribution in [0.1, 0.15) is 40.6 Å². The molecule has 2 aliphatic rings. The Morgan fingerprint density at radius 1 is 1.27 bits per heavy atom. The first-order chi connectivity index (χ1) is 12.7. The van der Waals surface area contributed by atoms with Crippen LogP contribution in [-0.2, 0) is 6.42 Å². The number of nitrogens with one attached hydrogen (secondary N) is 1. The van der Waals surface area contributed by atoms with Gasteiger partial charge in [-0.25, -0.2) is 9.37 Å². The summed E-state index contributed by atoms with van der Waals surface area (Å²) in [5.41, 5.74) is 3.15. The molecule has 6 heteroatoms. The van der Waals surface area contributed by atoms with Crippen LogP contribution < -0.4 is 4.74 Å². The molecule has 1 amide bonds. The van der Waals surface area contributed by atoms with E-state index in [1.807, 2.05) is 23.1 Å². The van der Waals surface area contributed by atoms with Gasteiger partial charge in [0.1, 0.15) is 17.4 Å². The molecule has 3 aromatic rings. The summed E-state index contributed by atoms with van der Waals surface area (Å²) >= 11 is 0. The van der Waals surface area contributed by atoms with Gasteiger partial charge >= 0.3 is 0 Å². The molecule has 5 nitrogen and oxygen atoms in total. The Kier molecular flexibility index (Phi) is 3.45. The molecule has 0 saturated carbocycles. The second kappa shape index (κ2) is 5.83. The molecule has 1 saturated heterocycles. The maximum atomic E-state index is 13.4. The van der Waals surface area contributed by atoms with E-state index in [1.165, 1.54) is 12.1 Å². The Balaban J connectivity index is 1.46. The van der Waals surface area contributed by atoms with Crippen molar-refractivity contribution in [2.45, 2.75) is 25.3 Å². The molecule has 0 radical (unpaired) electrons. The highest BCUT2D eigenvalue weighted by Crippen LogP contribution is 2.34. The second-order valence-electron chi connectivity index (χ2n) is 6.86. The van der Waals surface area contributed by atoms with Crippen LogP contribution in [0.5, 0.6) is 5.75 Å². The number of likely N-dealkylation sites (tertiary alicyclic amines) is 1. The minimum absolute atomic E-state index is 0.00818. The van der Waals surface area contributed by atoms with Crippen molar-refractivity contribution in [3.63, 3.8) is 0 Å². The Hall–Kier alpha value is -2.89. The van der Waals surface area contributed by atoms with Crippen molar-refractivity contribution in [1.29, 1.82) is 0 Å². The number of nitrogens with zero attached hydrogens (tertiary/aromatic N) is 2. The van der Waals surface area contributed by atoms with E-state index in [-0.39, 0.29) is 17.8 Å². The van der Waals surface area contributed by atoms with E-state index < -0.39 is 0 Å². The minimum Gasteiger partial charge on any atom is -0.493 e. The number of hydrogen-bond acceptors (Lipinski definition) is 3. The summed E-state index contributed by atoms with van der Waals surface area (Å²) in [5, 5.41) is 0. The largest absolute Gasteiger partial charge is 0.493 e. The maximum absolute atomic E-state index is 13.4. The number of hydrogen-bond donors (Lipinski definition) is 1. The predicted molar refractivity (Wildman–Crippen MR) is 94.7 cm³/mol. The zero-order chi connectivity index (χ0) is 17.7. The van der Waals surface area contributed by atoms with Crippen LogP contribution in [-0.4, -0.2) is 33.9 Å². The van der Waals surface area contributed by atoms with E-state index in [9.17, 15) is 9.18 Å². The summed E-state index contributed by atoms with van der Waals surface area (Å²) < 4.78 is 19.0. The van der Waals surface area contributed by atoms with Gasteiger partial charge in [0.25, 0.3) is 5.91 Å². The fourth-order valence-electron chi connectivity index (χ4n) is 3.94. The van der Waals surface area contributed by atoms with Gasteiger partial charge in [-0.1, -0.05) is 0 Å². The van der Waals surface area contributed by atoms with Crippen LogP contribution in [0.15, 0.2) is 36.4 Å². The Bertz CT molecular complexity index is 1010. The average molecular weight is 351 g/mol. The Morgan fingerprint density at radius 3 is 3.12 bits per heavy atom. The normalized spacial score (nSPS) is 19.0. The molecule has 0 aliphatic carbocycles. The number of H-pyrrole nitrogens is 1. The maximum Gasteiger partial charge on any atom is 0.254 e. The SMILES string of the molecule is O=C(c1ccc2c(c1)CCO2)N1CCC[C@H]1c1nc2ccc(F)cc2[nH]1. The first-order valence-electron chi connectivity index (χ1n) is 8.91. The smallest absolute Gasteiger partial charge is 0.254 e. The predicted octanol–water partition coefficient (Wildman–Crippen LogP) is 3.61. The highest BCUT2D eigenvalue weighted by Gasteiger charge is 2.33. The number of carbonyl (C=O) groups is 1. The Morgan fingerprint density at radius 2 is 2.19 bits per heavy atom. The van der Waals surface area contributed by atoms with E-state index in [0.29, 0.717) is 24.2 Å². The summed E-state index contributed by atoms with van der Waals surface area (Å²) in [7, 11) is 0. The third-order valence-corrected chi connectivity index (χ3v) is 5.23. The fourth-order valence-corrected chi connectivity index (χ4v) is 3.94. The summed E-state index contributed by atoms with van der Waals surface area (Å²) in [6, 6.07) is 10.0. The van der Waals surface area contributed by atoms with Crippen molar-refractivity contribution >= 4 is 16.9 Å². The van der Waals surface area contributed by atoms with Crippen LogP contribution in [0.4, 0.5) is 4.39 Å². The van der Waals surface area contributed by atoms with E-state index in [4.69, 9.17) is 4.74 Å². The number of aromatic nitrogens is 2. The quantitative estimate of drug-likeness (QED) is 0.767. The molecule has 1 N–H and O–H groups in total. The van der Waals surface area contributed by atoms with E-state index in [2.05, 4.69) is 9.97 Å². The number of imidazole rings is 1. The summed E-state index contributed by atoms with van der Waals surface area (Å²) in [5.74, 6) is 1.31. The Labute approximate surface area is 149 Å². The van der Waals surface area contributed by atoms with Crippen LogP contribution in [0.3, 0.4) is 0 Å². The van der Waals surface area contributed by atoms with Crippen LogP contribution in [0.2, 0.25) is 0 Å². The number of benzene rings is 2. The number of aromatic amines is 1. The van der Waals surface area contributed by atoms with Gasteiger partial charge < -0.3 is 14.6 Å². The van der Waals surface area contributed by atoms with Crippen LogP contribution in [0.25, 0.3) is 11.0 Å². The molecule has 1 aromatic heterocycles. The van der Waals surface area contributed by atoms with Gasteiger partial charge in [0.15, 0.2) is 0 Å². The van der Waals surface area contributed by atoms with Crippen molar-refractivity contribution in [2.75, 3.05) is 13.2 Å². The number of rotatable bonds is 2. The van der Waals surface area contributed by atoms with E-state index >= 15 is 0 Å². The summed E-state index contributed by atoms with van der Waals surface area (Å²) in [4.78, 5) is 22.7. The zero-order valence-electron chi connectivity index (χ0n) is 14.2. The van der Waals surface area contributed by atoms with Crippen molar-refractivity contribution in [2.24, 2.45) is 0 Å². The molecule has 2 aliphatic heterocycles. The van der Waals surface area contributed by atoms with Crippen molar-refractivity contribution in [3.8, 4) is 5.75 Å². The lowest BCUT2D eigenvalue weighted by Crippen LogP contribution is -2.31.